The maximum absolute atomic E-state index is 12.9. The molecule has 3 atom stereocenters. The van der Waals surface area contributed by atoms with Gasteiger partial charge in [-0.2, -0.15) is 0 Å². The lowest BCUT2D eigenvalue weighted by atomic mass is 10.0. The highest BCUT2D eigenvalue weighted by Gasteiger charge is 2.24. The van der Waals surface area contributed by atoms with Gasteiger partial charge in [-0.15, -0.1) is 0 Å². The van der Waals surface area contributed by atoms with Crippen LogP contribution in [0.15, 0.2) is 12.2 Å². The highest BCUT2D eigenvalue weighted by atomic mass is 31.2. The number of carbonyl (C=O) groups is 1. The maximum atomic E-state index is 12.9. The average Bonchev–Trinajstić information content (AvgIpc) is 3.23. The van der Waals surface area contributed by atoms with Crippen LogP contribution in [0, 0.1) is 0 Å². The van der Waals surface area contributed by atoms with Gasteiger partial charge in [0.1, 0.15) is 13.2 Å². The van der Waals surface area contributed by atoms with E-state index in [4.69, 9.17) is 9.05 Å². The van der Waals surface area contributed by atoms with Gasteiger partial charge in [-0.1, -0.05) is 238 Å². The number of allylic oxidation sites excluding steroid dienone is 2. The fraction of sp³-hybridized carbons (Fsp3) is 0.943. The standard InChI is InChI=1S/C53H107N2O6P/c1-6-8-10-12-14-16-18-20-21-22-23-24-25-26-27-28-29-30-31-32-33-35-37-39-41-43-45-47-53(57)54-51(50-61-62(58,59)60-49-48-55(3,4)5)52(56)46-44-42-40-38-36-34-19-17-15-13-11-9-7-2/h26-27,51-52,56H,6-25,28-50H2,1-5H3,(H-,54,57,58,59)/b27-26-. The normalized spacial score (nSPS) is 14.1. The Bertz CT molecular complexity index is 1020. The van der Waals surface area contributed by atoms with Crippen LogP contribution in [0.2, 0.25) is 0 Å². The summed E-state index contributed by atoms with van der Waals surface area (Å²) in [7, 11) is 1.31. The molecule has 0 aliphatic rings. The van der Waals surface area contributed by atoms with E-state index in [1.54, 1.807) is 0 Å². The number of phosphoric acid groups is 1. The minimum atomic E-state index is -4.56. The average molecular weight is 899 g/mol. The van der Waals surface area contributed by atoms with Gasteiger partial charge in [-0.3, -0.25) is 9.36 Å². The van der Waals surface area contributed by atoms with Gasteiger partial charge in [-0.25, -0.2) is 0 Å². The Balaban J connectivity index is 4.09. The molecule has 9 heteroatoms. The van der Waals surface area contributed by atoms with Crippen molar-refractivity contribution < 1.29 is 32.9 Å². The van der Waals surface area contributed by atoms with Gasteiger partial charge in [0.15, 0.2) is 0 Å². The van der Waals surface area contributed by atoms with Crippen LogP contribution in [0.4, 0.5) is 0 Å². The molecule has 0 aliphatic carbocycles. The molecular formula is C53H107N2O6P. The van der Waals surface area contributed by atoms with Crippen molar-refractivity contribution in [2.75, 3.05) is 40.9 Å². The third-order valence-electron chi connectivity index (χ3n) is 12.5. The molecule has 62 heavy (non-hydrogen) atoms. The topological polar surface area (TPSA) is 108 Å². The largest absolute Gasteiger partial charge is 0.756 e. The Morgan fingerprint density at radius 1 is 0.548 bits per heavy atom. The Hall–Kier alpha value is -0.760. The number of aliphatic hydroxyl groups excluding tert-OH is 1. The van der Waals surface area contributed by atoms with E-state index < -0.39 is 20.0 Å². The molecule has 0 bridgehead atoms. The minimum absolute atomic E-state index is 0.0143. The lowest BCUT2D eigenvalue weighted by Crippen LogP contribution is -2.46. The second-order valence-corrected chi connectivity index (χ2v) is 21.4. The van der Waals surface area contributed by atoms with Gasteiger partial charge in [0, 0.05) is 6.42 Å². The fourth-order valence-corrected chi connectivity index (χ4v) is 8.94. The number of phosphoric ester groups is 1. The predicted molar refractivity (Wildman–Crippen MR) is 266 cm³/mol. The second kappa shape index (κ2) is 45.4. The van der Waals surface area contributed by atoms with E-state index in [1.807, 2.05) is 21.1 Å². The smallest absolute Gasteiger partial charge is 0.268 e. The number of hydrogen-bond donors (Lipinski definition) is 2. The molecule has 2 N–H and O–H groups in total. The number of likely N-dealkylation sites (N-methyl/N-ethyl adjacent to an activating group) is 1. The third-order valence-corrected chi connectivity index (χ3v) is 13.5. The van der Waals surface area contributed by atoms with E-state index in [2.05, 4.69) is 31.3 Å². The molecule has 8 nitrogen and oxygen atoms in total. The monoisotopic (exact) mass is 899 g/mol. The van der Waals surface area contributed by atoms with E-state index in [9.17, 15) is 19.4 Å². The lowest BCUT2D eigenvalue weighted by molar-refractivity contribution is -0.870. The van der Waals surface area contributed by atoms with Crippen LogP contribution >= 0.6 is 7.82 Å². The summed E-state index contributed by atoms with van der Waals surface area (Å²) in [5.41, 5.74) is 0. The molecular weight excluding hydrogens is 792 g/mol. The molecule has 0 aromatic heterocycles. The number of hydrogen-bond acceptors (Lipinski definition) is 6. The first-order valence-electron chi connectivity index (χ1n) is 27.0. The van der Waals surface area contributed by atoms with Crippen LogP contribution in [0.5, 0.6) is 0 Å². The van der Waals surface area contributed by atoms with E-state index >= 15 is 0 Å². The Labute approximate surface area is 386 Å². The summed E-state index contributed by atoms with van der Waals surface area (Å²) in [5.74, 6) is -0.162. The first kappa shape index (κ1) is 61.2. The van der Waals surface area contributed by atoms with Gasteiger partial charge in [0.25, 0.3) is 7.82 Å². The molecule has 0 aromatic rings. The van der Waals surface area contributed by atoms with Crippen molar-refractivity contribution in [1.29, 1.82) is 0 Å². The van der Waals surface area contributed by atoms with Crippen molar-refractivity contribution in [3.63, 3.8) is 0 Å². The molecule has 0 rings (SSSR count). The molecule has 3 unspecified atom stereocenters. The molecule has 0 aliphatic heterocycles. The van der Waals surface area contributed by atoms with Gasteiger partial charge in [0.2, 0.25) is 5.91 Å². The summed E-state index contributed by atoms with van der Waals surface area (Å²) < 4.78 is 23.3. The Morgan fingerprint density at radius 2 is 0.887 bits per heavy atom. The first-order valence-corrected chi connectivity index (χ1v) is 28.5. The zero-order valence-electron chi connectivity index (χ0n) is 42.1. The van der Waals surface area contributed by atoms with Crippen molar-refractivity contribution in [3.8, 4) is 0 Å². The highest BCUT2D eigenvalue weighted by Crippen LogP contribution is 2.38. The molecule has 370 valence electrons. The van der Waals surface area contributed by atoms with Crippen LogP contribution in [-0.4, -0.2) is 68.5 Å². The van der Waals surface area contributed by atoms with Crippen molar-refractivity contribution in [2.24, 2.45) is 0 Å². The zero-order valence-corrected chi connectivity index (χ0v) is 43.0. The van der Waals surface area contributed by atoms with Gasteiger partial charge < -0.3 is 28.8 Å². The molecule has 0 aromatic carbocycles. The lowest BCUT2D eigenvalue weighted by Gasteiger charge is -2.30. The fourth-order valence-electron chi connectivity index (χ4n) is 8.21. The van der Waals surface area contributed by atoms with Gasteiger partial charge >= 0.3 is 0 Å². The predicted octanol–water partition coefficient (Wildman–Crippen LogP) is 15.2. The maximum Gasteiger partial charge on any atom is 0.268 e. The molecule has 0 heterocycles. The van der Waals surface area contributed by atoms with Gasteiger partial charge in [0.05, 0.1) is 39.9 Å². The van der Waals surface area contributed by atoms with Crippen LogP contribution in [0.1, 0.15) is 271 Å². The third kappa shape index (κ3) is 47.2. The van der Waals surface area contributed by atoms with E-state index in [0.29, 0.717) is 23.9 Å². The number of nitrogens with zero attached hydrogens (tertiary/aromatic N) is 1. The molecule has 0 spiro atoms. The summed E-state index contributed by atoms with van der Waals surface area (Å²) in [6.07, 6.45) is 53.8. The van der Waals surface area contributed by atoms with E-state index in [0.717, 1.165) is 38.5 Å². The zero-order chi connectivity index (χ0) is 45.7. The number of amides is 1. The highest BCUT2D eigenvalue weighted by molar-refractivity contribution is 7.45. The summed E-state index contributed by atoms with van der Waals surface area (Å²) in [5, 5.41) is 14.0. The number of aliphatic hydroxyl groups is 1. The molecule has 0 saturated carbocycles. The van der Waals surface area contributed by atoms with E-state index in [-0.39, 0.29) is 19.1 Å². The number of rotatable bonds is 50. The minimum Gasteiger partial charge on any atom is -0.756 e. The van der Waals surface area contributed by atoms with Crippen LogP contribution in [-0.2, 0) is 18.4 Å². The first-order chi connectivity index (χ1) is 30.0. The van der Waals surface area contributed by atoms with Crippen molar-refractivity contribution in [2.45, 2.75) is 283 Å². The van der Waals surface area contributed by atoms with Crippen molar-refractivity contribution >= 4 is 13.7 Å². The molecule has 0 saturated heterocycles. The number of quaternary nitrogens is 1. The SMILES string of the molecule is CCCCCCCCCCCCCC/C=C\CCCCCCCCCCCCCC(=O)NC(COP(=O)([O-])OCC[N+](C)(C)C)C(O)CCCCCCCCCCCCCCC. The number of carbonyl (C=O) groups excluding carboxylic acids is 1. The van der Waals surface area contributed by atoms with Crippen molar-refractivity contribution in [3.05, 3.63) is 12.2 Å². The summed E-state index contributed by atoms with van der Waals surface area (Å²) in [6.45, 7) is 4.75. The number of nitrogens with one attached hydrogen (secondary N) is 1. The van der Waals surface area contributed by atoms with Crippen molar-refractivity contribution in [1.82, 2.24) is 5.32 Å². The van der Waals surface area contributed by atoms with Gasteiger partial charge in [-0.05, 0) is 38.5 Å². The summed E-state index contributed by atoms with van der Waals surface area (Å²) in [6, 6.07) is -0.797. The Kier molecular flexibility index (Phi) is 44.8. The second-order valence-electron chi connectivity index (χ2n) is 19.9. The van der Waals surface area contributed by atoms with Crippen LogP contribution in [0.25, 0.3) is 0 Å². The van der Waals surface area contributed by atoms with Crippen LogP contribution in [0.3, 0.4) is 0 Å². The number of unbranched alkanes of at least 4 members (excludes halogenated alkanes) is 35. The summed E-state index contributed by atoms with van der Waals surface area (Å²) >= 11 is 0. The quantitative estimate of drug-likeness (QED) is 0.0272. The van der Waals surface area contributed by atoms with E-state index in [1.165, 1.54) is 205 Å². The Morgan fingerprint density at radius 3 is 1.26 bits per heavy atom. The van der Waals surface area contributed by atoms with Crippen LogP contribution < -0.4 is 10.2 Å². The molecule has 0 fully saturated rings. The molecule has 0 radical (unpaired) electrons. The summed E-state index contributed by atoms with van der Waals surface area (Å²) in [4.78, 5) is 25.4. The molecule has 1 amide bonds.